The largest absolute Gasteiger partial charge is 0.366 e. The van der Waals surface area contributed by atoms with Crippen molar-refractivity contribution < 1.29 is 9.59 Å². The van der Waals surface area contributed by atoms with Gasteiger partial charge in [-0.15, -0.1) is 0 Å². The third-order valence-corrected chi connectivity index (χ3v) is 6.01. The van der Waals surface area contributed by atoms with Crippen LogP contribution in [-0.2, 0) is 19.4 Å². The lowest BCUT2D eigenvalue weighted by atomic mass is 9.98. The molecule has 1 aliphatic heterocycles. The molecule has 0 radical (unpaired) electrons. The molecule has 4 rings (SSSR count). The van der Waals surface area contributed by atoms with Gasteiger partial charge in [-0.25, -0.2) is 4.79 Å². The lowest BCUT2D eigenvalue weighted by Gasteiger charge is -2.32. The zero-order valence-electron chi connectivity index (χ0n) is 20.0. The Morgan fingerprint density at radius 1 is 0.912 bits per heavy atom. The Bertz CT molecular complexity index is 1170. The fourth-order valence-electron chi connectivity index (χ4n) is 4.23. The fourth-order valence-corrected chi connectivity index (χ4v) is 4.23. The molecule has 0 saturated carbocycles. The van der Waals surface area contributed by atoms with Gasteiger partial charge in [-0.1, -0.05) is 43.3 Å². The summed E-state index contributed by atoms with van der Waals surface area (Å²) >= 11 is 0. The standard InChI is InChI=1S/C28H32N4O2/c1-4-20-9-11-23(12-10-20)30-28(34)31-24-13-14-26(25(17-24)27(33)29-19(2)3)32-16-15-21-7-5-6-8-22(21)18-32/h5-14,17,19H,4,15-16,18H2,1-3H3,(H,29,33)(H2,30,31,34). The van der Waals surface area contributed by atoms with Crippen molar-refractivity contribution >= 4 is 29.0 Å². The fraction of sp³-hybridized carbons (Fsp3) is 0.286. The van der Waals surface area contributed by atoms with Crippen LogP contribution < -0.4 is 20.9 Å². The number of amides is 3. The van der Waals surface area contributed by atoms with Gasteiger partial charge in [-0.3, -0.25) is 4.79 Å². The smallest absolute Gasteiger partial charge is 0.323 e. The molecule has 3 N–H and O–H groups in total. The number of anilines is 3. The first-order valence-electron chi connectivity index (χ1n) is 11.9. The maximum absolute atomic E-state index is 13.1. The summed E-state index contributed by atoms with van der Waals surface area (Å²) in [7, 11) is 0. The number of rotatable bonds is 6. The molecule has 3 aromatic carbocycles. The first-order valence-corrected chi connectivity index (χ1v) is 11.9. The quantitative estimate of drug-likeness (QED) is 0.452. The van der Waals surface area contributed by atoms with E-state index in [1.165, 1.54) is 16.7 Å². The van der Waals surface area contributed by atoms with Crippen LogP contribution >= 0.6 is 0 Å². The number of carbonyl (C=O) groups excluding carboxylic acids is 2. The molecule has 0 unspecified atom stereocenters. The SMILES string of the molecule is CCc1ccc(NC(=O)Nc2ccc(N3CCc4ccccc4C3)c(C(=O)NC(C)C)c2)cc1. The minimum Gasteiger partial charge on any atom is -0.366 e. The summed E-state index contributed by atoms with van der Waals surface area (Å²) in [5, 5.41) is 8.71. The van der Waals surface area contributed by atoms with Crippen molar-refractivity contribution in [2.24, 2.45) is 0 Å². The molecule has 0 aromatic heterocycles. The Hall–Kier alpha value is -3.80. The van der Waals surface area contributed by atoms with Crippen molar-refractivity contribution in [2.45, 2.75) is 46.2 Å². The van der Waals surface area contributed by atoms with E-state index in [1.807, 2.05) is 50.2 Å². The van der Waals surface area contributed by atoms with Crippen molar-refractivity contribution in [3.05, 3.63) is 89.0 Å². The molecule has 0 atom stereocenters. The lowest BCUT2D eigenvalue weighted by Crippen LogP contribution is -2.35. The molecular weight excluding hydrogens is 424 g/mol. The van der Waals surface area contributed by atoms with E-state index in [0.717, 1.165) is 37.3 Å². The minimum absolute atomic E-state index is 0.00781. The van der Waals surface area contributed by atoms with Crippen LogP contribution in [0.2, 0.25) is 0 Å². The van der Waals surface area contributed by atoms with Crippen molar-refractivity contribution in [2.75, 3.05) is 22.1 Å². The van der Waals surface area contributed by atoms with Crippen molar-refractivity contribution in [3.63, 3.8) is 0 Å². The first kappa shape index (κ1) is 23.4. The number of nitrogens with zero attached hydrogens (tertiary/aromatic N) is 1. The van der Waals surface area contributed by atoms with E-state index in [-0.39, 0.29) is 18.0 Å². The van der Waals surface area contributed by atoms with E-state index in [2.05, 4.69) is 52.0 Å². The van der Waals surface area contributed by atoms with Crippen LogP contribution in [0, 0.1) is 0 Å². The Labute approximate surface area is 201 Å². The molecule has 0 spiro atoms. The molecule has 1 aliphatic rings. The molecule has 176 valence electrons. The number of aryl methyl sites for hydroxylation is 1. The van der Waals surface area contributed by atoms with Gasteiger partial charge < -0.3 is 20.9 Å². The number of hydrogen-bond donors (Lipinski definition) is 3. The predicted molar refractivity (Wildman–Crippen MR) is 139 cm³/mol. The van der Waals surface area contributed by atoms with Gasteiger partial charge in [-0.2, -0.15) is 0 Å². The molecule has 0 saturated heterocycles. The van der Waals surface area contributed by atoms with Gasteiger partial charge in [0.15, 0.2) is 0 Å². The lowest BCUT2D eigenvalue weighted by molar-refractivity contribution is 0.0943. The third kappa shape index (κ3) is 5.57. The Morgan fingerprint density at radius 3 is 2.29 bits per heavy atom. The van der Waals surface area contributed by atoms with Gasteiger partial charge in [0, 0.05) is 36.2 Å². The molecule has 6 nitrogen and oxygen atoms in total. The van der Waals surface area contributed by atoms with Crippen LogP contribution in [0.15, 0.2) is 66.7 Å². The summed E-state index contributed by atoms with van der Waals surface area (Å²) in [6.45, 7) is 7.55. The summed E-state index contributed by atoms with van der Waals surface area (Å²) in [5.41, 5.74) is 6.55. The van der Waals surface area contributed by atoms with Crippen LogP contribution in [-0.4, -0.2) is 24.5 Å². The molecule has 3 amide bonds. The number of nitrogens with one attached hydrogen (secondary N) is 3. The highest BCUT2D eigenvalue weighted by molar-refractivity contribution is 6.04. The van der Waals surface area contributed by atoms with Crippen LogP contribution in [0.4, 0.5) is 21.9 Å². The van der Waals surface area contributed by atoms with E-state index in [9.17, 15) is 9.59 Å². The molecule has 6 heteroatoms. The van der Waals surface area contributed by atoms with Crippen molar-refractivity contribution in [1.29, 1.82) is 0 Å². The van der Waals surface area contributed by atoms with Crippen LogP contribution in [0.1, 0.15) is 47.8 Å². The first-order chi connectivity index (χ1) is 16.4. The summed E-state index contributed by atoms with van der Waals surface area (Å²) < 4.78 is 0. The van der Waals surface area contributed by atoms with E-state index >= 15 is 0 Å². The highest BCUT2D eigenvalue weighted by atomic mass is 16.2. The molecule has 1 heterocycles. The number of benzene rings is 3. The van der Waals surface area contributed by atoms with E-state index in [1.54, 1.807) is 6.07 Å². The average molecular weight is 457 g/mol. The summed E-state index contributed by atoms with van der Waals surface area (Å²) in [6, 6.07) is 21.4. The van der Waals surface area contributed by atoms with Crippen molar-refractivity contribution in [1.82, 2.24) is 5.32 Å². The average Bonchev–Trinajstić information content (AvgIpc) is 2.83. The maximum atomic E-state index is 13.1. The molecular formula is C28H32N4O2. The third-order valence-electron chi connectivity index (χ3n) is 6.01. The van der Waals surface area contributed by atoms with Crippen LogP contribution in [0.5, 0.6) is 0 Å². The van der Waals surface area contributed by atoms with Gasteiger partial charge in [0.05, 0.1) is 5.56 Å². The van der Waals surface area contributed by atoms with Crippen LogP contribution in [0.3, 0.4) is 0 Å². The second-order valence-electron chi connectivity index (χ2n) is 8.93. The predicted octanol–water partition coefficient (Wildman–Crippen LogP) is 5.59. The molecule has 0 fully saturated rings. The number of carbonyl (C=O) groups is 2. The molecule has 3 aromatic rings. The van der Waals surface area contributed by atoms with Gasteiger partial charge in [0.1, 0.15) is 0 Å². The number of urea groups is 1. The summed E-state index contributed by atoms with van der Waals surface area (Å²) in [5.74, 6) is -0.150. The van der Waals surface area contributed by atoms with Gasteiger partial charge >= 0.3 is 6.03 Å². The van der Waals surface area contributed by atoms with E-state index < -0.39 is 0 Å². The zero-order valence-corrected chi connectivity index (χ0v) is 20.0. The van der Waals surface area contributed by atoms with Gasteiger partial charge in [0.25, 0.3) is 5.91 Å². The second-order valence-corrected chi connectivity index (χ2v) is 8.93. The van der Waals surface area contributed by atoms with Gasteiger partial charge in [0.2, 0.25) is 0 Å². The van der Waals surface area contributed by atoms with Crippen molar-refractivity contribution in [3.8, 4) is 0 Å². The minimum atomic E-state index is -0.348. The molecule has 34 heavy (non-hydrogen) atoms. The summed E-state index contributed by atoms with van der Waals surface area (Å²) in [4.78, 5) is 27.9. The van der Waals surface area contributed by atoms with Crippen LogP contribution in [0.25, 0.3) is 0 Å². The normalized spacial score (nSPS) is 12.8. The Kier molecular flexibility index (Phi) is 7.16. The highest BCUT2D eigenvalue weighted by Gasteiger charge is 2.22. The Morgan fingerprint density at radius 2 is 1.59 bits per heavy atom. The highest BCUT2D eigenvalue weighted by Crippen LogP contribution is 2.30. The molecule has 0 bridgehead atoms. The monoisotopic (exact) mass is 456 g/mol. The molecule has 0 aliphatic carbocycles. The number of fused-ring (bicyclic) bond motifs is 1. The summed E-state index contributed by atoms with van der Waals surface area (Å²) in [6.07, 6.45) is 1.88. The van der Waals surface area contributed by atoms with Gasteiger partial charge in [-0.05, 0) is 73.7 Å². The number of hydrogen-bond acceptors (Lipinski definition) is 3. The van der Waals surface area contributed by atoms with E-state index in [0.29, 0.717) is 11.3 Å². The van der Waals surface area contributed by atoms with E-state index in [4.69, 9.17) is 0 Å². The second kappa shape index (κ2) is 10.4. The maximum Gasteiger partial charge on any atom is 0.323 e. The Balaban J connectivity index is 1.55. The topological polar surface area (TPSA) is 73.5 Å². The zero-order chi connectivity index (χ0) is 24.1.